The largest absolute Gasteiger partial charge is 0.360 e. The van der Waals surface area contributed by atoms with Crippen LogP contribution in [-0.4, -0.2) is 49.4 Å². The molecule has 1 amide bonds. The van der Waals surface area contributed by atoms with E-state index in [9.17, 15) is 4.79 Å². The number of nitrogens with zero attached hydrogens (tertiary/aromatic N) is 6. The number of aromatic amines is 1. The lowest BCUT2D eigenvalue weighted by Crippen LogP contribution is -2.34. The van der Waals surface area contributed by atoms with Crippen molar-refractivity contribution in [2.75, 3.05) is 18.8 Å². The van der Waals surface area contributed by atoms with E-state index in [2.05, 4.69) is 38.0 Å². The summed E-state index contributed by atoms with van der Waals surface area (Å²) >= 11 is 1.36. The molecule has 0 spiro atoms. The van der Waals surface area contributed by atoms with Gasteiger partial charge in [0.15, 0.2) is 11.0 Å². The normalized spacial score (nSPS) is 13.1. The Morgan fingerprint density at radius 1 is 1.20 bits per heavy atom. The fraction of sp³-hybridized carbons (Fsp3) is 0.381. The smallest absolute Gasteiger partial charge is 0.233 e. The number of amides is 1. The molecule has 4 rings (SSSR count). The van der Waals surface area contributed by atoms with Crippen LogP contribution in [0, 0.1) is 22.7 Å². The zero-order valence-corrected chi connectivity index (χ0v) is 17.2. The Morgan fingerprint density at radius 3 is 2.63 bits per heavy atom. The molecule has 0 aliphatic heterocycles. The van der Waals surface area contributed by atoms with Gasteiger partial charge in [-0.15, -0.1) is 10.2 Å². The summed E-state index contributed by atoms with van der Waals surface area (Å²) in [6.45, 7) is 0.682. The lowest BCUT2D eigenvalue weighted by Gasteiger charge is -2.20. The van der Waals surface area contributed by atoms with Gasteiger partial charge in [0.2, 0.25) is 5.91 Å². The number of nitrogens with one attached hydrogen (secondary N) is 1. The minimum atomic E-state index is -0.0931. The van der Waals surface area contributed by atoms with E-state index in [0.717, 1.165) is 40.3 Å². The van der Waals surface area contributed by atoms with Crippen molar-refractivity contribution in [1.82, 2.24) is 24.6 Å². The van der Waals surface area contributed by atoms with Crippen molar-refractivity contribution in [1.29, 1.82) is 10.5 Å². The van der Waals surface area contributed by atoms with E-state index in [1.807, 2.05) is 24.4 Å². The number of para-hydroxylation sites is 1. The molecule has 2 heterocycles. The molecule has 8 nitrogen and oxygen atoms in total. The second kappa shape index (κ2) is 9.02. The maximum absolute atomic E-state index is 12.7. The third kappa shape index (κ3) is 4.17. The second-order valence-corrected chi connectivity index (χ2v) is 8.08. The molecule has 1 aliphatic rings. The fourth-order valence-electron chi connectivity index (χ4n) is 3.43. The molecule has 1 saturated carbocycles. The van der Waals surface area contributed by atoms with E-state index in [-0.39, 0.29) is 24.5 Å². The van der Waals surface area contributed by atoms with E-state index >= 15 is 0 Å². The van der Waals surface area contributed by atoms with Gasteiger partial charge in [0.05, 0.1) is 30.7 Å². The van der Waals surface area contributed by atoms with Gasteiger partial charge in [-0.05, 0) is 18.9 Å². The van der Waals surface area contributed by atoms with Crippen LogP contribution in [0.25, 0.3) is 22.3 Å². The second-order valence-electron chi connectivity index (χ2n) is 7.14. The highest BCUT2D eigenvalue weighted by Gasteiger charge is 2.31. The van der Waals surface area contributed by atoms with Crippen LogP contribution in [0.3, 0.4) is 0 Å². The van der Waals surface area contributed by atoms with Gasteiger partial charge in [0.25, 0.3) is 0 Å². The third-order valence-corrected chi connectivity index (χ3v) is 6.00. The molecule has 0 atom stereocenters. The van der Waals surface area contributed by atoms with Crippen LogP contribution in [0.1, 0.15) is 31.7 Å². The average Bonchev–Trinajstić information content (AvgIpc) is 3.38. The van der Waals surface area contributed by atoms with E-state index < -0.39 is 0 Å². The summed E-state index contributed by atoms with van der Waals surface area (Å²) in [4.78, 5) is 17.5. The number of hydrogen-bond donors (Lipinski definition) is 1. The highest BCUT2D eigenvalue weighted by Crippen LogP contribution is 2.42. The van der Waals surface area contributed by atoms with Gasteiger partial charge < -0.3 is 9.88 Å². The first-order valence-electron chi connectivity index (χ1n) is 9.88. The van der Waals surface area contributed by atoms with Crippen LogP contribution in [0.2, 0.25) is 0 Å². The summed E-state index contributed by atoms with van der Waals surface area (Å²) in [5.41, 5.74) is 2.06. The van der Waals surface area contributed by atoms with Crippen molar-refractivity contribution < 1.29 is 4.79 Å². The molecule has 1 aliphatic carbocycles. The van der Waals surface area contributed by atoms with Crippen LogP contribution >= 0.6 is 11.8 Å². The summed E-state index contributed by atoms with van der Waals surface area (Å²) in [5.74, 6) is 0.926. The molecule has 30 heavy (non-hydrogen) atoms. The first-order chi connectivity index (χ1) is 14.7. The first kappa shape index (κ1) is 20.0. The van der Waals surface area contributed by atoms with Crippen LogP contribution < -0.4 is 0 Å². The Hall–Kier alpha value is -3.30. The molecule has 3 aromatic rings. The number of carbonyl (C=O) groups is 1. The van der Waals surface area contributed by atoms with Crippen LogP contribution in [-0.2, 0) is 4.79 Å². The van der Waals surface area contributed by atoms with Gasteiger partial charge >= 0.3 is 0 Å². The molecule has 2 aromatic heterocycles. The summed E-state index contributed by atoms with van der Waals surface area (Å²) in [6, 6.07) is 12.6. The molecule has 0 radical (unpaired) electrons. The average molecular weight is 420 g/mol. The van der Waals surface area contributed by atoms with Gasteiger partial charge in [-0.1, -0.05) is 30.0 Å². The molecule has 0 bridgehead atoms. The zero-order valence-electron chi connectivity index (χ0n) is 16.4. The van der Waals surface area contributed by atoms with E-state index in [0.29, 0.717) is 19.1 Å². The number of rotatable bonds is 9. The quantitative estimate of drug-likeness (QED) is 0.531. The number of aromatic nitrogens is 4. The Morgan fingerprint density at radius 2 is 1.93 bits per heavy atom. The maximum Gasteiger partial charge on any atom is 0.233 e. The van der Waals surface area contributed by atoms with Crippen molar-refractivity contribution in [3.05, 3.63) is 30.5 Å². The predicted octanol–water partition coefficient (Wildman–Crippen LogP) is 3.51. The lowest BCUT2D eigenvalue weighted by atomic mass is 10.1. The van der Waals surface area contributed by atoms with Crippen LogP contribution in [0.15, 0.2) is 35.6 Å². The molecular formula is C21H21N7OS. The number of carbonyl (C=O) groups excluding carboxylic acids is 1. The van der Waals surface area contributed by atoms with Gasteiger partial charge in [-0.3, -0.25) is 9.36 Å². The van der Waals surface area contributed by atoms with E-state index in [4.69, 9.17) is 10.5 Å². The lowest BCUT2D eigenvalue weighted by molar-refractivity contribution is -0.128. The van der Waals surface area contributed by atoms with Crippen molar-refractivity contribution in [3.63, 3.8) is 0 Å². The van der Waals surface area contributed by atoms with Gasteiger partial charge in [-0.25, -0.2) is 0 Å². The summed E-state index contributed by atoms with van der Waals surface area (Å²) < 4.78 is 2.14. The molecule has 9 heteroatoms. The molecular weight excluding hydrogens is 398 g/mol. The highest BCUT2D eigenvalue weighted by atomic mass is 32.2. The number of hydrogen-bond acceptors (Lipinski definition) is 6. The standard InChI is InChI=1S/C21H21N7OS/c22-9-3-11-27(12-4-10-23)19(29)14-30-21-26-25-20(28(21)15-7-8-15)17-13-24-18-6-2-1-5-16(17)18/h1-2,5-6,13,15,24H,3-4,7-8,11-12,14H2. The Bertz CT molecular complexity index is 1110. The number of thioether (sulfide) groups is 1. The Kier molecular flexibility index (Phi) is 6.01. The summed E-state index contributed by atoms with van der Waals surface area (Å²) in [6.07, 6.45) is 4.62. The molecule has 1 aromatic carbocycles. The topological polar surface area (TPSA) is 114 Å². The monoisotopic (exact) mass is 419 g/mol. The first-order valence-corrected chi connectivity index (χ1v) is 10.9. The molecule has 1 N–H and O–H groups in total. The molecule has 0 unspecified atom stereocenters. The summed E-state index contributed by atoms with van der Waals surface area (Å²) in [7, 11) is 0. The maximum atomic E-state index is 12.7. The highest BCUT2D eigenvalue weighted by molar-refractivity contribution is 7.99. The van der Waals surface area contributed by atoms with Crippen molar-refractivity contribution in [2.45, 2.75) is 36.9 Å². The zero-order chi connectivity index (χ0) is 20.9. The number of fused-ring (bicyclic) bond motifs is 1. The molecule has 0 saturated heterocycles. The van der Waals surface area contributed by atoms with Gasteiger partial charge in [0.1, 0.15) is 0 Å². The number of benzene rings is 1. The number of H-pyrrole nitrogens is 1. The fourth-order valence-corrected chi connectivity index (χ4v) is 4.33. The van der Waals surface area contributed by atoms with Crippen molar-refractivity contribution in [2.24, 2.45) is 0 Å². The molecule has 152 valence electrons. The van der Waals surface area contributed by atoms with Gasteiger partial charge in [0, 0.05) is 41.8 Å². The van der Waals surface area contributed by atoms with Gasteiger partial charge in [-0.2, -0.15) is 10.5 Å². The van der Waals surface area contributed by atoms with Crippen molar-refractivity contribution in [3.8, 4) is 23.5 Å². The number of nitriles is 2. The minimum Gasteiger partial charge on any atom is -0.360 e. The Balaban J connectivity index is 1.53. The van der Waals surface area contributed by atoms with E-state index in [1.165, 1.54) is 11.8 Å². The molecule has 1 fully saturated rings. The minimum absolute atomic E-state index is 0.0931. The third-order valence-electron chi connectivity index (χ3n) is 5.07. The predicted molar refractivity (Wildman–Crippen MR) is 113 cm³/mol. The van der Waals surface area contributed by atoms with E-state index in [1.54, 1.807) is 4.90 Å². The summed E-state index contributed by atoms with van der Waals surface area (Å²) in [5, 5.41) is 28.3. The van der Waals surface area contributed by atoms with Crippen LogP contribution in [0.5, 0.6) is 0 Å². The van der Waals surface area contributed by atoms with Crippen LogP contribution in [0.4, 0.5) is 0 Å². The SMILES string of the molecule is N#CCCN(CCC#N)C(=O)CSc1nnc(-c2c[nH]c3ccccc23)n1C1CC1. The van der Waals surface area contributed by atoms with Crippen molar-refractivity contribution >= 4 is 28.6 Å². The Labute approximate surface area is 178 Å².